The van der Waals surface area contributed by atoms with Crippen molar-refractivity contribution in [2.24, 2.45) is 11.7 Å². The molecule has 0 bridgehead atoms. The summed E-state index contributed by atoms with van der Waals surface area (Å²) in [4.78, 5) is 38.3. The van der Waals surface area contributed by atoms with Crippen LogP contribution in [0.25, 0.3) is 0 Å². The number of amides is 3. The fourth-order valence-electron chi connectivity index (χ4n) is 3.05. The molecule has 3 N–H and O–H groups in total. The van der Waals surface area contributed by atoms with Gasteiger partial charge in [-0.3, -0.25) is 14.4 Å². The fraction of sp³-hybridized carbons (Fsp3) is 0.316. The van der Waals surface area contributed by atoms with E-state index in [0.29, 0.717) is 31.6 Å². The lowest BCUT2D eigenvalue weighted by atomic mass is 9.95. The number of nitrogens with zero attached hydrogens (tertiary/aromatic N) is 1. The van der Waals surface area contributed by atoms with Gasteiger partial charge in [-0.15, -0.1) is 11.3 Å². The van der Waals surface area contributed by atoms with Crippen molar-refractivity contribution in [3.63, 3.8) is 0 Å². The van der Waals surface area contributed by atoms with Crippen molar-refractivity contribution in [3.8, 4) is 0 Å². The van der Waals surface area contributed by atoms with Crippen molar-refractivity contribution < 1.29 is 14.4 Å². The van der Waals surface area contributed by atoms with Crippen LogP contribution in [0.5, 0.6) is 0 Å². The summed E-state index contributed by atoms with van der Waals surface area (Å²) in [7, 11) is 0. The first kappa shape index (κ1) is 18.1. The number of nitrogens with one attached hydrogen (secondary N) is 1. The van der Waals surface area contributed by atoms with Crippen LogP contribution in [0.15, 0.2) is 41.8 Å². The Balaban J connectivity index is 1.50. The van der Waals surface area contributed by atoms with Gasteiger partial charge >= 0.3 is 0 Å². The van der Waals surface area contributed by atoms with E-state index in [-0.39, 0.29) is 30.1 Å². The Morgan fingerprint density at radius 1 is 1.12 bits per heavy atom. The van der Waals surface area contributed by atoms with Gasteiger partial charge in [0, 0.05) is 24.7 Å². The average Bonchev–Trinajstić information content (AvgIpc) is 3.17. The maximum absolute atomic E-state index is 12.4. The smallest absolute Gasteiger partial charge is 0.263 e. The highest BCUT2D eigenvalue weighted by atomic mass is 32.1. The summed E-state index contributed by atoms with van der Waals surface area (Å²) in [6.07, 6.45) is 1.50. The lowest BCUT2D eigenvalue weighted by Gasteiger charge is -2.31. The average molecular weight is 371 g/mol. The topological polar surface area (TPSA) is 92.5 Å². The zero-order valence-corrected chi connectivity index (χ0v) is 15.1. The third-order valence-electron chi connectivity index (χ3n) is 4.48. The van der Waals surface area contributed by atoms with Gasteiger partial charge in [0.1, 0.15) is 0 Å². The van der Waals surface area contributed by atoms with Gasteiger partial charge in [0.05, 0.1) is 11.3 Å². The molecule has 1 saturated heterocycles. The monoisotopic (exact) mass is 371 g/mol. The number of rotatable bonds is 5. The highest BCUT2D eigenvalue weighted by molar-refractivity contribution is 7.12. The Morgan fingerprint density at radius 2 is 1.81 bits per heavy atom. The number of thiophene rings is 1. The SMILES string of the molecule is NC(=O)Cc1ccc(NC(=O)C2CCN(C(=O)c3cccs3)CC2)cc1. The number of primary amides is 1. The van der Waals surface area contributed by atoms with E-state index in [9.17, 15) is 14.4 Å². The minimum Gasteiger partial charge on any atom is -0.369 e. The third-order valence-corrected chi connectivity index (χ3v) is 5.34. The second kappa shape index (κ2) is 8.14. The zero-order valence-electron chi connectivity index (χ0n) is 14.3. The molecule has 0 saturated carbocycles. The highest BCUT2D eigenvalue weighted by Crippen LogP contribution is 2.22. The van der Waals surface area contributed by atoms with Crippen LogP contribution in [0.4, 0.5) is 5.69 Å². The molecule has 1 aliphatic rings. The van der Waals surface area contributed by atoms with E-state index in [1.807, 2.05) is 22.4 Å². The lowest BCUT2D eigenvalue weighted by molar-refractivity contribution is -0.121. The van der Waals surface area contributed by atoms with Crippen molar-refractivity contribution in [1.29, 1.82) is 0 Å². The van der Waals surface area contributed by atoms with Gasteiger partial charge in [0.15, 0.2) is 0 Å². The van der Waals surface area contributed by atoms with Crippen molar-refractivity contribution in [2.75, 3.05) is 18.4 Å². The lowest BCUT2D eigenvalue weighted by Crippen LogP contribution is -2.41. The number of carbonyl (C=O) groups excluding carboxylic acids is 3. The molecule has 6 nitrogen and oxygen atoms in total. The molecule has 0 aliphatic carbocycles. The normalized spacial score (nSPS) is 14.8. The number of hydrogen-bond acceptors (Lipinski definition) is 4. The van der Waals surface area contributed by atoms with Crippen LogP contribution >= 0.6 is 11.3 Å². The molecule has 0 atom stereocenters. The minimum atomic E-state index is -0.384. The van der Waals surface area contributed by atoms with E-state index >= 15 is 0 Å². The summed E-state index contributed by atoms with van der Waals surface area (Å²) >= 11 is 1.44. The van der Waals surface area contributed by atoms with E-state index in [1.165, 1.54) is 11.3 Å². The number of piperidine rings is 1. The fourth-order valence-corrected chi connectivity index (χ4v) is 3.74. The van der Waals surface area contributed by atoms with Crippen molar-refractivity contribution >= 4 is 34.7 Å². The minimum absolute atomic E-state index is 0.0316. The number of nitrogens with two attached hydrogens (primary N) is 1. The summed E-state index contributed by atoms with van der Waals surface area (Å²) < 4.78 is 0. The van der Waals surface area contributed by atoms with Crippen LogP contribution < -0.4 is 11.1 Å². The first-order valence-electron chi connectivity index (χ1n) is 8.54. The molecule has 2 heterocycles. The van der Waals surface area contributed by atoms with Crippen LogP contribution in [0, 0.1) is 5.92 Å². The van der Waals surface area contributed by atoms with E-state index in [0.717, 1.165) is 10.4 Å². The van der Waals surface area contributed by atoms with Crippen molar-refractivity contribution in [2.45, 2.75) is 19.3 Å². The van der Waals surface area contributed by atoms with Crippen LogP contribution in [-0.2, 0) is 16.0 Å². The quantitative estimate of drug-likeness (QED) is 0.844. The summed E-state index contributed by atoms with van der Waals surface area (Å²) in [5.41, 5.74) is 6.68. The summed E-state index contributed by atoms with van der Waals surface area (Å²) in [6, 6.07) is 10.8. The molecule has 1 aromatic heterocycles. The Kier molecular flexibility index (Phi) is 5.68. The molecule has 3 amide bonds. The number of carbonyl (C=O) groups is 3. The van der Waals surface area contributed by atoms with Gasteiger partial charge in [0.25, 0.3) is 5.91 Å². The van der Waals surface area contributed by atoms with Crippen LogP contribution in [0.2, 0.25) is 0 Å². The third kappa shape index (κ3) is 4.49. The van der Waals surface area contributed by atoms with Crippen LogP contribution in [0.3, 0.4) is 0 Å². The largest absolute Gasteiger partial charge is 0.369 e. The van der Waals surface area contributed by atoms with Crippen molar-refractivity contribution in [1.82, 2.24) is 4.90 Å². The predicted octanol–water partition coefficient (Wildman–Crippen LogP) is 2.27. The standard InChI is InChI=1S/C19H21N3O3S/c20-17(23)12-13-3-5-15(6-4-13)21-18(24)14-7-9-22(10-8-14)19(25)16-2-1-11-26-16/h1-6,11,14H,7-10,12H2,(H2,20,23)(H,21,24). The number of hydrogen-bond donors (Lipinski definition) is 2. The maximum Gasteiger partial charge on any atom is 0.263 e. The number of likely N-dealkylation sites (tertiary alicyclic amines) is 1. The van der Waals surface area contributed by atoms with Gasteiger partial charge in [-0.25, -0.2) is 0 Å². The number of benzene rings is 1. The molecule has 0 radical (unpaired) electrons. The first-order chi connectivity index (χ1) is 12.5. The second-order valence-corrected chi connectivity index (χ2v) is 7.32. The summed E-state index contributed by atoms with van der Waals surface area (Å²) in [5.74, 6) is -0.474. The van der Waals surface area contributed by atoms with Gasteiger partial charge in [-0.2, -0.15) is 0 Å². The van der Waals surface area contributed by atoms with Crippen LogP contribution in [-0.4, -0.2) is 35.7 Å². The van der Waals surface area contributed by atoms with E-state index in [2.05, 4.69) is 5.32 Å². The molecule has 3 rings (SSSR count). The second-order valence-electron chi connectivity index (χ2n) is 6.37. The van der Waals surface area contributed by atoms with Gasteiger partial charge < -0.3 is 16.0 Å². The van der Waals surface area contributed by atoms with E-state index in [4.69, 9.17) is 5.73 Å². The Bertz CT molecular complexity index is 779. The molecule has 1 aromatic carbocycles. The van der Waals surface area contributed by atoms with Gasteiger partial charge in [-0.05, 0) is 42.0 Å². The van der Waals surface area contributed by atoms with Crippen molar-refractivity contribution in [3.05, 3.63) is 52.2 Å². The molecule has 26 heavy (non-hydrogen) atoms. The van der Waals surface area contributed by atoms with E-state index < -0.39 is 0 Å². The maximum atomic E-state index is 12.4. The zero-order chi connectivity index (χ0) is 18.5. The summed E-state index contributed by atoms with van der Waals surface area (Å²) in [6.45, 7) is 1.18. The Labute approximate surface area is 156 Å². The molecule has 0 unspecified atom stereocenters. The predicted molar refractivity (Wildman–Crippen MR) is 101 cm³/mol. The van der Waals surface area contributed by atoms with Crippen LogP contribution in [0.1, 0.15) is 28.1 Å². The molecule has 1 fully saturated rings. The first-order valence-corrected chi connectivity index (χ1v) is 9.42. The molecule has 7 heteroatoms. The summed E-state index contributed by atoms with van der Waals surface area (Å²) in [5, 5.41) is 4.80. The molecule has 0 spiro atoms. The Morgan fingerprint density at radius 3 is 2.38 bits per heavy atom. The molecular formula is C19H21N3O3S. The highest BCUT2D eigenvalue weighted by Gasteiger charge is 2.28. The molecule has 2 aromatic rings. The molecule has 136 valence electrons. The molecule has 1 aliphatic heterocycles. The number of anilines is 1. The van der Waals surface area contributed by atoms with E-state index in [1.54, 1.807) is 24.3 Å². The van der Waals surface area contributed by atoms with Gasteiger partial charge in [-0.1, -0.05) is 18.2 Å². The van der Waals surface area contributed by atoms with Gasteiger partial charge in [0.2, 0.25) is 11.8 Å². The molecular weight excluding hydrogens is 350 g/mol. The Hall–Kier alpha value is -2.67.